The molecule has 29 heavy (non-hydrogen) atoms. The smallest absolute Gasteiger partial charge is 0.251 e. The Morgan fingerprint density at radius 2 is 1.79 bits per heavy atom. The van der Waals surface area contributed by atoms with Crippen molar-refractivity contribution in [2.75, 3.05) is 11.9 Å². The normalized spacial score (nSPS) is 17.7. The summed E-state index contributed by atoms with van der Waals surface area (Å²) in [4.78, 5) is 12.4. The molecule has 2 aliphatic rings. The van der Waals surface area contributed by atoms with Gasteiger partial charge in [0.05, 0.1) is 0 Å². The van der Waals surface area contributed by atoms with Gasteiger partial charge in [0.2, 0.25) is 5.91 Å². The van der Waals surface area contributed by atoms with Crippen LogP contribution in [-0.2, 0) is 11.2 Å². The van der Waals surface area contributed by atoms with Gasteiger partial charge < -0.3 is 20.1 Å². The van der Waals surface area contributed by atoms with Gasteiger partial charge >= 0.3 is 0 Å². The molecule has 1 aliphatic heterocycles. The lowest BCUT2D eigenvalue weighted by molar-refractivity contribution is -0.121. The lowest BCUT2D eigenvalue weighted by Gasteiger charge is -2.31. The van der Waals surface area contributed by atoms with Gasteiger partial charge in [0.15, 0.2) is 11.5 Å². The second kappa shape index (κ2) is 8.31. The number of nitrogens with one attached hydrogen (secondary N) is 2. The molecule has 0 bridgehead atoms. The number of carbonyl (C=O) groups is 1. The summed E-state index contributed by atoms with van der Waals surface area (Å²) in [6.07, 6.45) is 5.95. The van der Waals surface area contributed by atoms with Crippen molar-refractivity contribution < 1.29 is 18.7 Å². The zero-order chi connectivity index (χ0) is 20.3. The zero-order valence-corrected chi connectivity index (χ0v) is 16.7. The first kappa shape index (κ1) is 19.6. The molecule has 154 valence electrons. The van der Waals surface area contributed by atoms with Crippen molar-refractivity contribution in [3.8, 4) is 11.5 Å². The lowest BCUT2D eigenvalue weighted by atomic mass is 9.94. The highest BCUT2D eigenvalue weighted by Crippen LogP contribution is 2.46. The third-order valence-corrected chi connectivity index (χ3v) is 5.55. The van der Waals surface area contributed by atoms with Gasteiger partial charge in [0, 0.05) is 31.1 Å². The molecular formula is C23H27FN2O3. The van der Waals surface area contributed by atoms with Gasteiger partial charge in [-0.05, 0) is 56.0 Å². The molecule has 0 radical (unpaired) electrons. The van der Waals surface area contributed by atoms with Crippen molar-refractivity contribution in [2.24, 2.45) is 0 Å². The van der Waals surface area contributed by atoms with E-state index in [-0.39, 0.29) is 11.7 Å². The van der Waals surface area contributed by atoms with Crippen LogP contribution in [0.25, 0.3) is 0 Å². The standard InChI is InChI=1S/C23H27FN2O3/c1-16(22(27)25-14-11-17-5-7-18(24)8-6-17)26-19-9-10-20-21(15-19)29-23(28-20)12-3-2-4-13-23/h5-10,15-16,26H,2-4,11-14H2,1H3,(H,25,27). The molecule has 0 saturated heterocycles. The van der Waals surface area contributed by atoms with E-state index in [1.54, 1.807) is 12.1 Å². The number of halogens is 1. The third-order valence-electron chi connectivity index (χ3n) is 5.55. The van der Waals surface area contributed by atoms with E-state index < -0.39 is 11.8 Å². The van der Waals surface area contributed by atoms with Crippen LogP contribution >= 0.6 is 0 Å². The van der Waals surface area contributed by atoms with E-state index in [0.717, 1.165) is 48.4 Å². The maximum atomic E-state index is 12.9. The molecule has 2 aromatic carbocycles. The molecule has 2 N–H and O–H groups in total. The molecule has 1 saturated carbocycles. The Bertz CT molecular complexity index is 863. The maximum Gasteiger partial charge on any atom is 0.251 e. The zero-order valence-electron chi connectivity index (χ0n) is 16.7. The van der Waals surface area contributed by atoms with E-state index in [1.165, 1.54) is 18.6 Å². The van der Waals surface area contributed by atoms with Gasteiger partial charge in [0.1, 0.15) is 11.9 Å². The highest BCUT2D eigenvalue weighted by atomic mass is 19.1. The van der Waals surface area contributed by atoms with Crippen molar-refractivity contribution in [3.05, 3.63) is 53.8 Å². The molecule has 1 spiro atoms. The molecule has 1 heterocycles. The first-order valence-electron chi connectivity index (χ1n) is 10.3. The van der Waals surface area contributed by atoms with Crippen LogP contribution in [-0.4, -0.2) is 24.3 Å². The molecule has 4 rings (SSSR count). The van der Waals surface area contributed by atoms with Crippen LogP contribution in [0.4, 0.5) is 10.1 Å². The fourth-order valence-corrected chi connectivity index (χ4v) is 3.93. The average molecular weight is 398 g/mol. The van der Waals surface area contributed by atoms with Gasteiger partial charge in [-0.3, -0.25) is 4.79 Å². The van der Waals surface area contributed by atoms with Crippen molar-refractivity contribution in [1.29, 1.82) is 0 Å². The summed E-state index contributed by atoms with van der Waals surface area (Å²) in [6.45, 7) is 2.32. The van der Waals surface area contributed by atoms with Crippen molar-refractivity contribution in [2.45, 2.75) is 57.3 Å². The van der Waals surface area contributed by atoms with Crippen LogP contribution in [0.1, 0.15) is 44.6 Å². The van der Waals surface area contributed by atoms with E-state index in [1.807, 2.05) is 25.1 Å². The largest absolute Gasteiger partial charge is 0.448 e. The van der Waals surface area contributed by atoms with E-state index in [0.29, 0.717) is 13.0 Å². The van der Waals surface area contributed by atoms with E-state index in [2.05, 4.69) is 10.6 Å². The minimum Gasteiger partial charge on any atom is -0.448 e. The molecule has 1 unspecified atom stereocenters. The molecule has 1 fully saturated rings. The molecule has 1 amide bonds. The number of amides is 1. The number of benzene rings is 2. The van der Waals surface area contributed by atoms with Crippen molar-refractivity contribution in [3.63, 3.8) is 0 Å². The van der Waals surface area contributed by atoms with Crippen LogP contribution in [0, 0.1) is 5.82 Å². The topological polar surface area (TPSA) is 59.6 Å². The predicted octanol–water partition coefficient (Wildman–Crippen LogP) is 4.42. The summed E-state index contributed by atoms with van der Waals surface area (Å²) in [5.41, 5.74) is 1.81. The fourth-order valence-electron chi connectivity index (χ4n) is 3.93. The van der Waals surface area contributed by atoms with Crippen LogP contribution in [0.15, 0.2) is 42.5 Å². The van der Waals surface area contributed by atoms with Crippen molar-refractivity contribution in [1.82, 2.24) is 5.32 Å². The summed E-state index contributed by atoms with van der Waals surface area (Å²) in [6, 6.07) is 11.6. The summed E-state index contributed by atoms with van der Waals surface area (Å²) in [7, 11) is 0. The first-order chi connectivity index (χ1) is 14.0. The van der Waals surface area contributed by atoms with Gasteiger partial charge in [-0.15, -0.1) is 0 Å². The van der Waals surface area contributed by atoms with Gasteiger partial charge in [-0.2, -0.15) is 0 Å². The van der Waals surface area contributed by atoms with E-state index in [9.17, 15) is 9.18 Å². The molecular weight excluding hydrogens is 371 g/mol. The first-order valence-corrected chi connectivity index (χ1v) is 10.3. The van der Waals surface area contributed by atoms with E-state index in [4.69, 9.17) is 9.47 Å². The lowest BCUT2D eigenvalue weighted by Crippen LogP contribution is -2.40. The summed E-state index contributed by atoms with van der Waals surface area (Å²) in [5.74, 6) is 0.666. The number of hydrogen-bond donors (Lipinski definition) is 2. The Morgan fingerprint density at radius 3 is 2.55 bits per heavy atom. The summed E-state index contributed by atoms with van der Waals surface area (Å²) < 4.78 is 25.2. The number of fused-ring (bicyclic) bond motifs is 1. The Kier molecular flexibility index (Phi) is 5.60. The van der Waals surface area contributed by atoms with Crippen LogP contribution in [0.5, 0.6) is 11.5 Å². The third kappa shape index (κ3) is 4.63. The summed E-state index contributed by atoms with van der Waals surface area (Å²) in [5, 5.41) is 6.14. The fraction of sp³-hybridized carbons (Fsp3) is 0.435. The maximum absolute atomic E-state index is 12.9. The quantitative estimate of drug-likeness (QED) is 0.756. The second-order valence-corrected chi connectivity index (χ2v) is 7.87. The average Bonchev–Trinajstić information content (AvgIpc) is 3.06. The minimum absolute atomic E-state index is 0.0893. The molecule has 2 aromatic rings. The van der Waals surface area contributed by atoms with Crippen LogP contribution in [0.2, 0.25) is 0 Å². The Labute approximate surface area is 170 Å². The predicted molar refractivity (Wildman–Crippen MR) is 110 cm³/mol. The SMILES string of the molecule is CC(Nc1ccc2c(c1)OC1(CCCCC1)O2)C(=O)NCCc1ccc(F)cc1. The van der Waals surface area contributed by atoms with Crippen LogP contribution in [0.3, 0.4) is 0 Å². The second-order valence-electron chi connectivity index (χ2n) is 7.87. The molecule has 0 aromatic heterocycles. The molecule has 1 atom stereocenters. The van der Waals surface area contributed by atoms with Gasteiger partial charge in [0.25, 0.3) is 5.79 Å². The number of hydrogen-bond acceptors (Lipinski definition) is 4. The van der Waals surface area contributed by atoms with Gasteiger partial charge in [-0.1, -0.05) is 18.6 Å². The highest BCUT2D eigenvalue weighted by molar-refractivity contribution is 5.84. The van der Waals surface area contributed by atoms with Gasteiger partial charge in [-0.25, -0.2) is 4.39 Å². The van der Waals surface area contributed by atoms with Crippen molar-refractivity contribution >= 4 is 11.6 Å². The molecule has 6 heteroatoms. The monoisotopic (exact) mass is 398 g/mol. The molecule has 1 aliphatic carbocycles. The number of rotatable bonds is 6. The van der Waals surface area contributed by atoms with E-state index >= 15 is 0 Å². The Morgan fingerprint density at radius 1 is 1.07 bits per heavy atom. The Hall–Kier alpha value is -2.76. The van der Waals surface area contributed by atoms with Crippen LogP contribution < -0.4 is 20.1 Å². The molecule has 5 nitrogen and oxygen atoms in total. The minimum atomic E-state index is -0.497. The summed E-state index contributed by atoms with van der Waals surface area (Å²) >= 11 is 0. The number of ether oxygens (including phenoxy) is 2. The number of carbonyl (C=O) groups excluding carboxylic acids is 1. The highest BCUT2D eigenvalue weighted by Gasteiger charge is 2.42. The Balaban J connectivity index is 1.28. The number of anilines is 1.